The second-order valence-electron chi connectivity index (χ2n) is 4.55. The van der Waals surface area contributed by atoms with Crippen LogP contribution in [0.5, 0.6) is 5.75 Å². The molecule has 1 aromatic carbocycles. The molecular formula is C14H15FN2O. The zero-order valence-corrected chi connectivity index (χ0v) is 9.95. The maximum absolute atomic E-state index is 13.4. The van der Waals surface area contributed by atoms with Crippen LogP contribution < -0.4 is 15.8 Å². The van der Waals surface area contributed by atoms with Gasteiger partial charge in [-0.15, -0.1) is 0 Å². The lowest BCUT2D eigenvalue weighted by atomic mass is 9.93. The van der Waals surface area contributed by atoms with Crippen molar-refractivity contribution >= 4 is 0 Å². The molecule has 3 rings (SSSR count). The third kappa shape index (κ3) is 1.88. The van der Waals surface area contributed by atoms with Gasteiger partial charge in [0, 0.05) is 18.0 Å². The molecule has 0 aliphatic carbocycles. The zero-order chi connectivity index (χ0) is 12.5. The van der Waals surface area contributed by atoms with Crippen LogP contribution >= 0.6 is 0 Å². The lowest BCUT2D eigenvalue weighted by Gasteiger charge is -2.17. The number of fused-ring (bicyclic) bond motifs is 1. The van der Waals surface area contributed by atoms with Gasteiger partial charge in [-0.2, -0.15) is 0 Å². The van der Waals surface area contributed by atoms with E-state index < -0.39 is 0 Å². The average Bonchev–Trinajstić information content (AvgIpc) is 2.54. The molecule has 0 aromatic heterocycles. The van der Waals surface area contributed by atoms with Crippen LogP contribution in [0.3, 0.4) is 0 Å². The van der Waals surface area contributed by atoms with Gasteiger partial charge in [0.05, 0.1) is 5.70 Å². The van der Waals surface area contributed by atoms with Gasteiger partial charge in [0.1, 0.15) is 17.3 Å². The van der Waals surface area contributed by atoms with E-state index >= 15 is 0 Å². The summed E-state index contributed by atoms with van der Waals surface area (Å²) in [6, 6.07) is 4.61. The molecule has 1 unspecified atom stereocenters. The van der Waals surface area contributed by atoms with Gasteiger partial charge in [-0.3, -0.25) is 0 Å². The molecule has 2 heterocycles. The van der Waals surface area contributed by atoms with E-state index in [1.165, 1.54) is 12.1 Å². The Kier molecular flexibility index (Phi) is 2.80. The number of halogens is 1. The summed E-state index contributed by atoms with van der Waals surface area (Å²) in [6.45, 7) is 1.27. The van der Waals surface area contributed by atoms with Crippen molar-refractivity contribution < 1.29 is 9.13 Å². The lowest BCUT2D eigenvalue weighted by Crippen LogP contribution is -2.22. The highest BCUT2D eigenvalue weighted by Gasteiger charge is 2.24. The Morgan fingerprint density at radius 2 is 2.33 bits per heavy atom. The number of hydrogen-bond acceptors (Lipinski definition) is 3. The van der Waals surface area contributed by atoms with Crippen molar-refractivity contribution in [2.75, 3.05) is 13.1 Å². The molecule has 2 aliphatic heterocycles. The highest BCUT2D eigenvalue weighted by molar-refractivity contribution is 5.43. The van der Waals surface area contributed by atoms with Crippen LogP contribution in [0.1, 0.15) is 17.9 Å². The summed E-state index contributed by atoms with van der Waals surface area (Å²) in [6.07, 6.45) is 4.72. The summed E-state index contributed by atoms with van der Waals surface area (Å²) in [5.41, 5.74) is 7.71. The Morgan fingerprint density at radius 1 is 1.44 bits per heavy atom. The van der Waals surface area contributed by atoms with Crippen molar-refractivity contribution in [2.45, 2.75) is 12.3 Å². The van der Waals surface area contributed by atoms with E-state index in [-0.39, 0.29) is 11.7 Å². The fourth-order valence-corrected chi connectivity index (χ4v) is 2.42. The number of ether oxygens (including phenoxy) is 1. The van der Waals surface area contributed by atoms with Crippen LogP contribution in [0.15, 0.2) is 41.8 Å². The van der Waals surface area contributed by atoms with E-state index in [1.54, 1.807) is 6.07 Å². The molecule has 1 atom stereocenters. The van der Waals surface area contributed by atoms with Gasteiger partial charge in [0.25, 0.3) is 0 Å². The maximum atomic E-state index is 13.4. The Morgan fingerprint density at radius 3 is 3.17 bits per heavy atom. The van der Waals surface area contributed by atoms with Crippen LogP contribution in [0.25, 0.3) is 0 Å². The maximum Gasteiger partial charge on any atom is 0.146 e. The minimum atomic E-state index is -0.251. The molecule has 0 saturated heterocycles. The Hall–Kier alpha value is -1.81. The largest absolute Gasteiger partial charge is 0.455 e. The lowest BCUT2D eigenvalue weighted by molar-refractivity contribution is 0.429. The minimum absolute atomic E-state index is 0.0854. The number of dihydropyridines is 1. The average molecular weight is 246 g/mol. The van der Waals surface area contributed by atoms with E-state index in [2.05, 4.69) is 5.32 Å². The van der Waals surface area contributed by atoms with Gasteiger partial charge in [-0.1, -0.05) is 6.08 Å². The highest BCUT2D eigenvalue weighted by Crippen LogP contribution is 2.36. The van der Waals surface area contributed by atoms with Crippen LogP contribution in [0.2, 0.25) is 0 Å². The molecule has 3 N–H and O–H groups in total. The topological polar surface area (TPSA) is 47.3 Å². The van der Waals surface area contributed by atoms with Crippen LogP contribution in [0, 0.1) is 5.82 Å². The molecule has 94 valence electrons. The number of benzene rings is 1. The highest BCUT2D eigenvalue weighted by atomic mass is 19.1. The van der Waals surface area contributed by atoms with Crippen molar-refractivity contribution in [3.8, 4) is 5.75 Å². The van der Waals surface area contributed by atoms with Crippen LogP contribution in [-0.2, 0) is 0 Å². The van der Waals surface area contributed by atoms with Crippen LogP contribution in [0.4, 0.5) is 4.39 Å². The first-order chi connectivity index (χ1) is 8.78. The fraction of sp³-hybridized carbons (Fsp3) is 0.286. The number of hydrogen-bond donors (Lipinski definition) is 2. The molecule has 0 spiro atoms. The Bertz CT molecular complexity index is 537. The van der Waals surface area contributed by atoms with E-state index in [9.17, 15) is 4.39 Å². The number of nitrogens with two attached hydrogens (primary N) is 1. The summed E-state index contributed by atoms with van der Waals surface area (Å²) < 4.78 is 19.2. The Labute approximate surface area is 105 Å². The molecule has 0 bridgehead atoms. The minimum Gasteiger partial charge on any atom is -0.455 e. The smallest absolute Gasteiger partial charge is 0.146 e. The third-order valence-corrected chi connectivity index (χ3v) is 3.37. The summed E-state index contributed by atoms with van der Waals surface area (Å²) in [7, 11) is 0. The van der Waals surface area contributed by atoms with Crippen molar-refractivity contribution in [3.05, 3.63) is 53.2 Å². The van der Waals surface area contributed by atoms with E-state index in [4.69, 9.17) is 10.5 Å². The van der Waals surface area contributed by atoms with Gasteiger partial charge in [-0.05, 0) is 37.2 Å². The van der Waals surface area contributed by atoms with Crippen LogP contribution in [-0.4, -0.2) is 13.1 Å². The molecule has 0 radical (unpaired) electrons. The van der Waals surface area contributed by atoms with Crippen molar-refractivity contribution in [2.24, 2.45) is 5.73 Å². The predicted octanol–water partition coefficient (Wildman–Crippen LogP) is 2.02. The fourth-order valence-electron chi connectivity index (χ4n) is 2.42. The first-order valence-electron chi connectivity index (χ1n) is 6.09. The van der Waals surface area contributed by atoms with E-state index in [0.717, 1.165) is 30.0 Å². The van der Waals surface area contributed by atoms with Gasteiger partial charge < -0.3 is 15.8 Å². The summed E-state index contributed by atoms with van der Waals surface area (Å²) in [5, 5.41) is 3.29. The summed E-state index contributed by atoms with van der Waals surface area (Å²) in [5.74, 6) is 1.34. The molecule has 4 heteroatoms. The van der Waals surface area contributed by atoms with Gasteiger partial charge in [0.2, 0.25) is 0 Å². The van der Waals surface area contributed by atoms with Gasteiger partial charge in [-0.25, -0.2) is 4.39 Å². The number of allylic oxidation sites excluding steroid dienone is 2. The quantitative estimate of drug-likeness (QED) is 0.797. The van der Waals surface area contributed by atoms with E-state index in [1.807, 2.05) is 12.2 Å². The first-order valence-corrected chi connectivity index (χ1v) is 6.09. The number of nitrogens with one attached hydrogen (secondary N) is 1. The molecule has 2 aliphatic rings. The first kappa shape index (κ1) is 11.3. The zero-order valence-electron chi connectivity index (χ0n) is 9.95. The molecule has 0 fully saturated rings. The number of rotatable bonds is 1. The third-order valence-electron chi connectivity index (χ3n) is 3.37. The second-order valence-corrected chi connectivity index (χ2v) is 4.55. The predicted molar refractivity (Wildman–Crippen MR) is 67.6 cm³/mol. The molecule has 3 nitrogen and oxygen atoms in total. The molecule has 1 aromatic rings. The molecular weight excluding hydrogens is 231 g/mol. The normalized spacial score (nSPS) is 21.6. The molecule has 0 saturated carbocycles. The van der Waals surface area contributed by atoms with E-state index in [0.29, 0.717) is 12.3 Å². The summed E-state index contributed by atoms with van der Waals surface area (Å²) >= 11 is 0. The molecule has 0 amide bonds. The molecule has 18 heavy (non-hydrogen) atoms. The summed E-state index contributed by atoms with van der Waals surface area (Å²) in [4.78, 5) is 0. The standard InChI is InChI=1S/C14H15FN2O/c15-10-3-4-13-11(7-10)9(8-16)6-12-14(18-13)2-1-5-17-12/h1-4,7,9,17H,5-6,8,16H2. The second kappa shape index (κ2) is 4.46. The SMILES string of the molecule is NCC1CC2=C(C=CCN2)Oc2ccc(F)cc21. The van der Waals surface area contributed by atoms with Gasteiger partial charge >= 0.3 is 0 Å². The monoisotopic (exact) mass is 246 g/mol. The van der Waals surface area contributed by atoms with Gasteiger partial charge in [0.15, 0.2) is 0 Å². The van der Waals surface area contributed by atoms with Crippen molar-refractivity contribution in [1.82, 2.24) is 5.32 Å². The van der Waals surface area contributed by atoms with Crippen molar-refractivity contribution in [3.63, 3.8) is 0 Å². The van der Waals surface area contributed by atoms with Crippen molar-refractivity contribution in [1.29, 1.82) is 0 Å². The Balaban J connectivity index is 2.07.